The van der Waals surface area contributed by atoms with Crippen molar-refractivity contribution in [2.75, 3.05) is 0 Å². The summed E-state index contributed by atoms with van der Waals surface area (Å²) in [5.74, 6) is 8.21. The molecule has 1 saturated carbocycles. The van der Waals surface area contributed by atoms with Gasteiger partial charge in [0.25, 0.3) is 0 Å². The van der Waals surface area contributed by atoms with Gasteiger partial charge in [0, 0.05) is 10.9 Å². The van der Waals surface area contributed by atoms with Crippen molar-refractivity contribution >= 4 is 22.9 Å². The minimum absolute atomic E-state index is 0.392. The maximum absolute atomic E-state index is 5.99. The molecular weight excluding hydrogens is 276 g/mol. The normalized spacial score (nSPS) is 25.7. The van der Waals surface area contributed by atoms with Gasteiger partial charge in [0.2, 0.25) is 0 Å². The number of hydrogen-bond acceptors (Lipinski definition) is 3. The molecule has 3 N–H and O–H groups in total. The van der Waals surface area contributed by atoms with Crippen LogP contribution in [0.25, 0.3) is 0 Å². The van der Waals surface area contributed by atoms with Crippen molar-refractivity contribution in [1.29, 1.82) is 0 Å². The number of nitrogens with one attached hydrogen (secondary N) is 1. The van der Waals surface area contributed by atoms with Crippen LogP contribution in [0.1, 0.15) is 44.4 Å². The highest BCUT2D eigenvalue weighted by molar-refractivity contribution is 7.16. The SMILES string of the molecule is CC(C)C1CCC(C(Cc2ccc(Cl)s2)NN)CC1. The second-order valence-electron chi connectivity index (χ2n) is 6.10. The molecule has 0 spiro atoms. The molecule has 1 heterocycles. The van der Waals surface area contributed by atoms with Crippen LogP contribution in [0.2, 0.25) is 4.34 Å². The van der Waals surface area contributed by atoms with E-state index in [4.69, 9.17) is 17.4 Å². The third-order valence-corrected chi connectivity index (χ3v) is 5.85. The zero-order valence-corrected chi connectivity index (χ0v) is 13.4. The number of thiophene rings is 1. The van der Waals surface area contributed by atoms with E-state index in [0.717, 1.165) is 22.6 Å². The Balaban J connectivity index is 1.88. The first-order chi connectivity index (χ1) is 9.10. The summed E-state index contributed by atoms with van der Waals surface area (Å²) in [5.41, 5.74) is 3.04. The highest BCUT2D eigenvalue weighted by atomic mass is 35.5. The Hall–Kier alpha value is -0.0900. The first kappa shape index (κ1) is 15.3. The van der Waals surface area contributed by atoms with Crippen molar-refractivity contribution in [3.63, 3.8) is 0 Å². The van der Waals surface area contributed by atoms with E-state index in [1.807, 2.05) is 6.07 Å². The van der Waals surface area contributed by atoms with E-state index < -0.39 is 0 Å². The average molecular weight is 301 g/mol. The second kappa shape index (κ2) is 7.07. The number of nitrogens with two attached hydrogens (primary N) is 1. The average Bonchev–Trinajstić information content (AvgIpc) is 2.81. The third-order valence-electron chi connectivity index (χ3n) is 4.59. The molecule has 1 aromatic heterocycles. The highest BCUT2D eigenvalue weighted by Crippen LogP contribution is 2.36. The molecule has 1 aliphatic carbocycles. The molecule has 0 saturated heterocycles. The van der Waals surface area contributed by atoms with Crippen LogP contribution in [-0.4, -0.2) is 6.04 Å². The number of hydrogen-bond donors (Lipinski definition) is 2. The van der Waals surface area contributed by atoms with Crippen LogP contribution in [0, 0.1) is 17.8 Å². The number of hydrazine groups is 1. The predicted molar refractivity (Wildman–Crippen MR) is 84.4 cm³/mol. The van der Waals surface area contributed by atoms with E-state index in [2.05, 4.69) is 25.3 Å². The molecule has 4 heteroatoms. The fraction of sp³-hybridized carbons (Fsp3) is 0.733. The molecule has 1 aliphatic rings. The fourth-order valence-corrected chi connectivity index (χ4v) is 4.40. The standard InChI is InChI=1S/C15H25ClN2S/c1-10(2)11-3-5-12(6-4-11)14(18-17)9-13-7-8-15(16)19-13/h7-8,10-12,14,18H,3-6,9,17H2,1-2H3. The van der Waals surface area contributed by atoms with Crippen LogP contribution in [0.5, 0.6) is 0 Å². The number of rotatable bonds is 5. The van der Waals surface area contributed by atoms with Gasteiger partial charge in [0.05, 0.1) is 4.34 Å². The maximum Gasteiger partial charge on any atom is 0.0931 e. The quantitative estimate of drug-likeness (QED) is 0.630. The van der Waals surface area contributed by atoms with E-state index in [9.17, 15) is 0 Å². The zero-order chi connectivity index (χ0) is 13.8. The lowest BCUT2D eigenvalue weighted by Crippen LogP contribution is -2.43. The van der Waals surface area contributed by atoms with Gasteiger partial charge in [-0.1, -0.05) is 25.4 Å². The summed E-state index contributed by atoms with van der Waals surface area (Å²) >= 11 is 7.66. The molecule has 2 nitrogen and oxygen atoms in total. The van der Waals surface area contributed by atoms with E-state index in [-0.39, 0.29) is 0 Å². The molecular formula is C15H25ClN2S. The first-order valence-corrected chi connectivity index (χ1v) is 8.50. The van der Waals surface area contributed by atoms with Crippen LogP contribution in [0.3, 0.4) is 0 Å². The lowest BCUT2D eigenvalue weighted by Gasteiger charge is -2.35. The Kier molecular flexibility index (Phi) is 5.70. The number of halogens is 1. The van der Waals surface area contributed by atoms with Crippen molar-refractivity contribution in [2.45, 2.75) is 52.0 Å². The molecule has 1 fully saturated rings. The molecule has 19 heavy (non-hydrogen) atoms. The topological polar surface area (TPSA) is 38.0 Å². The molecule has 0 amide bonds. The molecule has 1 aromatic rings. The van der Waals surface area contributed by atoms with Gasteiger partial charge < -0.3 is 0 Å². The summed E-state index contributed by atoms with van der Waals surface area (Å²) in [6.07, 6.45) is 6.32. The fourth-order valence-electron chi connectivity index (χ4n) is 3.25. The van der Waals surface area contributed by atoms with Gasteiger partial charge in [-0.05, 0) is 62.0 Å². The van der Waals surface area contributed by atoms with Gasteiger partial charge in [-0.2, -0.15) is 0 Å². The summed E-state index contributed by atoms with van der Waals surface area (Å²) in [4.78, 5) is 1.33. The Morgan fingerprint density at radius 1 is 1.26 bits per heavy atom. The van der Waals surface area contributed by atoms with Crippen molar-refractivity contribution in [3.8, 4) is 0 Å². The van der Waals surface area contributed by atoms with E-state index in [0.29, 0.717) is 12.0 Å². The Morgan fingerprint density at radius 3 is 2.37 bits per heavy atom. The molecule has 0 aliphatic heterocycles. The van der Waals surface area contributed by atoms with Crippen molar-refractivity contribution in [3.05, 3.63) is 21.3 Å². The van der Waals surface area contributed by atoms with Crippen molar-refractivity contribution < 1.29 is 0 Å². The smallest absolute Gasteiger partial charge is 0.0931 e. The molecule has 0 bridgehead atoms. The molecule has 108 valence electrons. The molecule has 0 radical (unpaired) electrons. The van der Waals surface area contributed by atoms with Gasteiger partial charge in [0.15, 0.2) is 0 Å². The largest absolute Gasteiger partial charge is 0.271 e. The Bertz CT molecular complexity index is 383. The molecule has 1 atom stereocenters. The van der Waals surface area contributed by atoms with Crippen LogP contribution < -0.4 is 11.3 Å². The van der Waals surface area contributed by atoms with Crippen LogP contribution >= 0.6 is 22.9 Å². The summed E-state index contributed by atoms with van der Waals surface area (Å²) in [5, 5.41) is 0. The summed E-state index contributed by atoms with van der Waals surface area (Å²) in [7, 11) is 0. The monoisotopic (exact) mass is 300 g/mol. The third kappa shape index (κ3) is 4.19. The molecule has 2 rings (SSSR count). The van der Waals surface area contributed by atoms with Gasteiger partial charge >= 0.3 is 0 Å². The minimum Gasteiger partial charge on any atom is -0.271 e. The Labute approximate surface area is 125 Å². The van der Waals surface area contributed by atoms with Crippen molar-refractivity contribution in [1.82, 2.24) is 5.43 Å². The summed E-state index contributed by atoms with van der Waals surface area (Å²) < 4.78 is 0.870. The predicted octanol–water partition coefficient (Wildman–Crippen LogP) is 4.24. The maximum atomic E-state index is 5.99. The first-order valence-electron chi connectivity index (χ1n) is 7.30. The van der Waals surface area contributed by atoms with Crippen molar-refractivity contribution in [2.24, 2.45) is 23.6 Å². The summed E-state index contributed by atoms with van der Waals surface area (Å²) in [6.45, 7) is 4.69. The molecule has 1 unspecified atom stereocenters. The van der Waals surface area contributed by atoms with E-state index >= 15 is 0 Å². The van der Waals surface area contributed by atoms with Crippen LogP contribution in [0.15, 0.2) is 12.1 Å². The second-order valence-corrected chi connectivity index (χ2v) is 7.90. The van der Waals surface area contributed by atoms with Crippen LogP contribution in [0.4, 0.5) is 0 Å². The Morgan fingerprint density at radius 2 is 1.89 bits per heavy atom. The zero-order valence-electron chi connectivity index (χ0n) is 11.9. The lowest BCUT2D eigenvalue weighted by atomic mass is 9.74. The van der Waals surface area contributed by atoms with E-state index in [1.165, 1.54) is 30.6 Å². The highest BCUT2D eigenvalue weighted by Gasteiger charge is 2.28. The summed E-state index contributed by atoms with van der Waals surface area (Å²) in [6, 6.07) is 4.49. The van der Waals surface area contributed by atoms with Gasteiger partial charge in [-0.3, -0.25) is 11.3 Å². The van der Waals surface area contributed by atoms with E-state index in [1.54, 1.807) is 11.3 Å². The van der Waals surface area contributed by atoms with Gasteiger partial charge in [0.1, 0.15) is 0 Å². The van der Waals surface area contributed by atoms with Gasteiger partial charge in [-0.25, -0.2) is 0 Å². The molecule has 0 aromatic carbocycles. The van der Waals surface area contributed by atoms with Crippen LogP contribution in [-0.2, 0) is 6.42 Å². The minimum atomic E-state index is 0.392. The van der Waals surface area contributed by atoms with Gasteiger partial charge in [-0.15, -0.1) is 11.3 Å². The lowest BCUT2D eigenvalue weighted by molar-refractivity contribution is 0.188.